The van der Waals surface area contributed by atoms with Crippen molar-refractivity contribution < 1.29 is 14.0 Å². The van der Waals surface area contributed by atoms with E-state index >= 15 is 0 Å². The molecule has 1 atom stereocenters. The molecule has 1 aromatic heterocycles. The van der Waals surface area contributed by atoms with Gasteiger partial charge in [0.1, 0.15) is 11.9 Å². The summed E-state index contributed by atoms with van der Waals surface area (Å²) in [6, 6.07) is 15.6. The monoisotopic (exact) mass is 470 g/mol. The number of benzene rings is 2. The minimum atomic E-state index is -0.926. The minimum Gasteiger partial charge on any atom is -0.351 e. The second-order valence-electron chi connectivity index (χ2n) is 7.94. The molecule has 4 rings (SSSR count). The maximum atomic E-state index is 13.7. The fourth-order valence-electron chi connectivity index (χ4n) is 4.10. The summed E-state index contributed by atoms with van der Waals surface area (Å²) in [6.07, 6.45) is 4.15. The van der Waals surface area contributed by atoms with Gasteiger partial charge < -0.3 is 5.32 Å². The number of hydrogen-bond acceptors (Lipinski definition) is 3. The number of amides is 2. The molecule has 0 bridgehead atoms. The van der Waals surface area contributed by atoms with Gasteiger partial charge in [-0.3, -0.25) is 14.5 Å². The number of carbonyl (C=O) groups excluding carboxylic acids is 2. The summed E-state index contributed by atoms with van der Waals surface area (Å²) in [5, 5.41) is 5.57. The van der Waals surface area contributed by atoms with Crippen LogP contribution in [-0.2, 0) is 16.0 Å². The Kier molecular flexibility index (Phi) is 7.22. The molecule has 0 spiro atoms. The summed E-state index contributed by atoms with van der Waals surface area (Å²) < 4.78 is 13.7. The third-order valence-corrected chi connectivity index (χ3v) is 6.80. The maximum absolute atomic E-state index is 13.7. The van der Waals surface area contributed by atoms with Gasteiger partial charge in [-0.15, -0.1) is 11.3 Å². The highest BCUT2D eigenvalue weighted by Crippen LogP contribution is 2.31. The maximum Gasteiger partial charge on any atom is 0.248 e. The predicted molar refractivity (Wildman–Crippen MR) is 127 cm³/mol. The lowest BCUT2D eigenvalue weighted by molar-refractivity contribution is -0.127. The molecule has 2 amide bonds. The highest BCUT2D eigenvalue weighted by atomic mass is 35.5. The molecule has 1 saturated carbocycles. The zero-order valence-electron chi connectivity index (χ0n) is 17.5. The molecule has 166 valence electrons. The van der Waals surface area contributed by atoms with Gasteiger partial charge in [0.05, 0.1) is 6.42 Å². The second kappa shape index (κ2) is 10.3. The molecule has 0 saturated heterocycles. The van der Waals surface area contributed by atoms with E-state index in [4.69, 9.17) is 11.6 Å². The van der Waals surface area contributed by atoms with Crippen molar-refractivity contribution >= 4 is 40.4 Å². The first-order valence-electron chi connectivity index (χ1n) is 10.7. The van der Waals surface area contributed by atoms with E-state index in [1.165, 1.54) is 28.4 Å². The summed E-state index contributed by atoms with van der Waals surface area (Å²) in [7, 11) is 0. The van der Waals surface area contributed by atoms with Crippen molar-refractivity contribution in [3.05, 3.63) is 87.3 Å². The summed E-state index contributed by atoms with van der Waals surface area (Å²) in [6.45, 7) is 0. The van der Waals surface area contributed by atoms with Crippen LogP contribution in [0.1, 0.15) is 42.2 Å². The van der Waals surface area contributed by atoms with E-state index in [1.807, 2.05) is 17.5 Å². The van der Waals surface area contributed by atoms with Crippen LogP contribution in [0.2, 0.25) is 5.02 Å². The van der Waals surface area contributed by atoms with Crippen LogP contribution in [0.3, 0.4) is 0 Å². The van der Waals surface area contributed by atoms with E-state index in [-0.39, 0.29) is 24.3 Å². The van der Waals surface area contributed by atoms with E-state index in [1.54, 1.807) is 36.4 Å². The smallest absolute Gasteiger partial charge is 0.248 e. The standard InChI is InChI=1S/C25H24ClFN2O2S/c26-18-9-13-21(14-10-18)29(23(30)16-22-6-3-15-32-22)24(17-7-11-19(27)12-8-17)25(31)28-20-4-1-2-5-20/h3,6-15,20,24H,1-2,4-5,16H2,(H,28,31)/t24-/m0/s1. The largest absolute Gasteiger partial charge is 0.351 e. The molecule has 0 aliphatic heterocycles. The van der Waals surface area contributed by atoms with E-state index < -0.39 is 11.9 Å². The Balaban J connectivity index is 1.74. The average Bonchev–Trinajstić information content (AvgIpc) is 3.48. The minimum absolute atomic E-state index is 0.0879. The van der Waals surface area contributed by atoms with Gasteiger partial charge in [-0.2, -0.15) is 0 Å². The Morgan fingerprint density at radius 2 is 1.75 bits per heavy atom. The molecule has 3 aromatic rings. The highest BCUT2D eigenvalue weighted by Gasteiger charge is 2.34. The van der Waals surface area contributed by atoms with E-state index in [0.29, 0.717) is 16.3 Å². The van der Waals surface area contributed by atoms with Crippen LogP contribution in [-0.4, -0.2) is 17.9 Å². The lowest BCUT2D eigenvalue weighted by Crippen LogP contribution is -2.46. The number of carbonyl (C=O) groups is 2. The fourth-order valence-corrected chi connectivity index (χ4v) is 4.92. The van der Waals surface area contributed by atoms with E-state index in [9.17, 15) is 14.0 Å². The summed E-state index contributed by atoms with van der Waals surface area (Å²) in [5.41, 5.74) is 1.11. The number of anilines is 1. The van der Waals surface area contributed by atoms with Crippen molar-refractivity contribution in [2.24, 2.45) is 0 Å². The molecule has 2 aromatic carbocycles. The first-order valence-corrected chi connectivity index (χ1v) is 11.9. The van der Waals surface area contributed by atoms with Gasteiger partial charge in [0.2, 0.25) is 11.8 Å². The molecule has 1 heterocycles. The molecule has 7 heteroatoms. The molecule has 1 fully saturated rings. The van der Waals surface area contributed by atoms with Crippen molar-refractivity contribution in [1.82, 2.24) is 5.32 Å². The van der Waals surface area contributed by atoms with E-state index in [0.717, 1.165) is 30.6 Å². The molecule has 1 aliphatic carbocycles. The third-order valence-electron chi connectivity index (χ3n) is 5.67. The van der Waals surface area contributed by atoms with Gasteiger partial charge >= 0.3 is 0 Å². The van der Waals surface area contributed by atoms with Gasteiger partial charge in [-0.25, -0.2) is 4.39 Å². The molecule has 1 aliphatic rings. The zero-order valence-corrected chi connectivity index (χ0v) is 19.0. The van der Waals surface area contributed by atoms with Crippen LogP contribution in [0, 0.1) is 5.82 Å². The van der Waals surface area contributed by atoms with Crippen LogP contribution in [0.4, 0.5) is 10.1 Å². The molecule has 1 N–H and O–H groups in total. The number of rotatable bonds is 7. The van der Waals surface area contributed by atoms with Gasteiger partial charge in [0.15, 0.2) is 0 Å². The number of nitrogens with zero attached hydrogens (tertiary/aromatic N) is 1. The molecular weight excluding hydrogens is 447 g/mol. The quantitative estimate of drug-likeness (QED) is 0.466. The van der Waals surface area contributed by atoms with Gasteiger partial charge in [-0.05, 0) is 66.2 Å². The molecule has 4 nitrogen and oxygen atoms in total. The Bertz CT molecular complexity index is 1050. The number of hydrogen-bond donors (Lipinski definition) is 1. The Hall–Kier alpha value is -2.70. The van der Waals surface area contributed by atoms with Crippen molar-refractivity contribution in [3.8, 4) is 0 Å². The molecule has 0 radical (unpaired) electrons. The van der Waals surface area contributed by atoms with E-state index in [2.05, 4.69) is 5.32 Å². The normalized spacial score (nSPS) is 14.8. The lowest BCUT2D eigenvalue weighted by Gasteiger charge is -2.32. The fraction of sp³-hybridized carbons (Fsp3) is 0.280. The van der Waals surface area contributed by atoms with Crippen LogP contribution < -0.4 is 10.2 Å². The Labute approximate surface area is 196 Å². The predicted octanol–water partition coefficient (Wildman–Crippen LogP) is 5.92. The van der Waals surface area contributed by atoms with Gasteiger partial charge in [0.25, 0.3) is 0 Å². The second-order valence-corrected chi connectivity index (χ2v) is 9.41. The SMILES string of the molecule is O=C(NC1CCCC1)[C@H](c1ccc(F)cc1)N(C(=O)Cc1cccs1)c1ccc(Cl)cc1. The number of nitrogens with one attached hydrogen (secondary N) is 1. The van der Waals surface area contributed by atoms with Crippen LogP contribution in [0.15, 0.2) is 66.0 Å². The Morgan fingerprint density at radius 3 is 2.38 bits per heavy atom. The molecule has 0 unspecified atom stereocenters. The van der Waals surface area contributed by atoms with Crippen molar-refractivity contribution in [1.29, 1.82) is 0 Å². The summed E-state index contributed by atoms with van der Waals surface area (Å²) in [5.74, 6) is -0.879. The summed E-state index contributed by atoms with van der Waals surface area (Å²) >= 11 is 7.57. The zero-order chi connectivity index (χ0) is 22.5. The highest BCUT2D eigenvalue weighted by molar-refractivity contribution is 7.10. The van der Waals surface area contributed by atoms with Crippen LogP contribution in [0.25, 0.3) is 0 Å². The molecule has 32 heavy (non-hydrogen) atoms. The lowest BCUT2D eigenvalue weighted by atomic mass is 10.0. The van der Waals surface area contributed by atoms with Crippen LogP contribution >= 0.6 is 22.9 Å². The van der Waals surface area contributed by atoms with Crippen LogP contribution in [0.5, 0.6) is 0 Å². The first-order chi connectivity index (χ1) is 15.5. The molecular formula is C25H24ClFN2O2S. The Morgan fingerprint density at radius 1 is 1.06 bits per heavy atom. The number of thiophene rings is 1. The van der Waals surface area contributed by atoms with Crippen molar-refractivity contribution in [3.63, 3.8) is 0 Å². The van der Waals surface area contributed by atoms with Gasteiger partial charge in [-0.1, -0.05) is 42.6 Å². The number of halogens is 2. The third kappa shape index (κ3) is 5.37. The first kappa shape index (κ1) is 22.5. The summed E-state index contributed by atoms with van der Waals surface area (Å²) in [4.78, 5) is 29.5. The topological polar surface area (TPSA) is 49.4 Å². The van der Waals surface area contributed by atoms with Crippen molar-refractivity contribution in [2.45, 2.75) is 44.2 Å². The van der Waals surface area contributed by atoms with Crippen molar-refractivity contribution in [2.75, 3.05) is 4.90 Å². The average molecular weight is 471 g/mol. The van der Waals surface area contributed by atoms with Gasteiger partial charge in [0, 0.05) is 21.6 Å².